The number of amides is 1. The first-order valence-electron chi connectivity index (χ1n) is 11.2. The Kier molecular flexibility index (Phi) is 5.64. The minimum Gasteiger partial charge on any atom is -0.487 e. The zero-order chi connectivity index (χ0) is 21.2. The first-order chi connectivity index (χ1) is 15.2. The van der Waals surface area contributed by atoms with Gasteiger partial charge in [-0.15, -0.1) is 0 Å². The van der Waals surface area contributed by atoms with Crippen molar-refractivity contribution in [3.05, 3.63) is 66.1 Å². The molecule has 5 nitrogen and oxygen atoms in total. The van der Waals surface area contributed by atoms with E-state index >= 15 is 0 Å². The predicted molar refractivity (Wildman–Crippen MR) is 119 cm³/mol. The maximum absolute atomic E-state index is 13.8. The van der Waals surface area contributed by atoms with Gasteiger partial charge in [0.2, 0.25) is 0 Å². The number of fused-ring (bicyclic) bond motifs is 1. The normalized spacial score (nSPS) is 19.1. The van der Waals surface area contributed by atoms with E-state index < -0.39 is 0 Å². The topological polar surface area (TPSA) is 48.6 Å². The first kappa shape index (κ1) is 20.1. The molecule has 31 heavy (non-hydrogen) atoms. The van der Waals surface area contributed by atoms with Crippen LogP contribution in [0.4, 0.5) is 4.39 Å². The molecule has 0 unspecified atom stereocenters. The molecule has 2 saturated heterocycles. The number of nitrogens with zero attached hydrogens (tertiary/aromatic N) is 2. The Morgan fingerprint density at radius 3 is 2.52 bits per heavy atom. The van der Waals surface area contributed by atoms with Crippen LogP contribution in [0.2, 0.25) is 0 Å². The van der Waals surface area contributed by atoms with Crippen molar-refractivity contribution >= 4 is 16.8 Å². The van der Waals surface area contributed by atoms with Crippen LogP contribution >= 0.6 is 0 Å². The van der Waals surface area contributed by atoms with Crippen LogP contribution in [0.25, 0.3) is 10.9 Å². The fourth-order valence-corrected chi connectivity index (χ4v) is 4.88. The summed E-state index contributed by atoms with van der Waals surface area (Å²) in [7, 11) is 0. The molecule has 1 N–H and O–H groups in total. The maximum atomic E-state index is 13.8. The lowest BCUT2D eigenvalue weighted by Crippen LogP contribution is -2.50. The number of aromatic nitrogens is 1. The molecule has 2 aromatic carbocycles. The molecule has 6 heteroatoms. The summed E-state index contributed by atoms with van der Waals surface area (Å²) in [5, 5.41) is 1.12. The molecule has 5 rings (SSSR count). The van der Waals surface area contributed by atoms with Crippen LogP contribution in [0.1, 0.15) is 36.0 Å². The first-order valence-corrected chi connectivity index (χ1v) is 11.2. The molecule has 162 valence electrons. The third-order valence-corrected chi connectivity index (χ3v) is 6.68. The number of hydrogen-bond acceptors (Lipinski definition) is 3. The third-order valence-electron chi connectivity index (χ3n) is 6.68. The number of aromatic amines is 1. The molecular formula is C25H28FN3O2. The van der Waals surface area contributed by atoms with E-state index in [1.54, 1.807) is 18.2 Å². The number of nitrogens with one attached hydrogen (secondary N) is 1. The van der Waals surface area contributed by atoms with Crippen molar-refractivity contribution in [1.29, 1.82) is 0 Å². The van der Waals surface area contributed by atoms with E-state index in [4.69, 9.17) is 4.74 Å². The van der Waals surface area contributed by atoms with E-state index in [1.165, 1.54) is 6.07 Å². The van der Waals surface area contributed by atoms with Crippen LogP contribution in [0.15, 0.2) is 54.7 Å². The van der Waals surface area contributed by atoms with E-state index in [-0.39, 0.29) is 17.8 Å². The summed E-state index contributed by atoms with van der Waals surface area (Å²) in [5.41, 5.74) is 1.75. The van der Waals surface area contributed by atoms with E-state index in [2.05, 4.69) is 9.88 Å². The molecule has 2 fully saturated rings. The van der Waals surface area contributed by atoms with Crippen molar-refractivity contribution in [1.82, 2.24) is 14.8 Å². The SMILES string of the molecule is O=C(c1ccc2cc[nH]c2c1)N1CCC(N2CCC(Oc3ccccc3F)CC2)CC1. The number of carbonyl (C=O) groups is 1. The highest BCUT2D eigenvalue weighted by Crippen LogP contribution is 2.26. The molecule has 0 saturated carbocycles. The van der Waals surface area contributed by atoms with Gasteiger partial charge in [0, 0.05) is 49.5 Å². The zero-order valence-electron chi connectivity index (χ0n) is 17.6. The molecule has 1 aromatic heterocycles. The second-order valence-corrected chi connectivity index (χ2v) is 8.59. The lowest BCUT2D eigenvalue weighted by Gasteiger charge is -2.41. The van der Waals surface area contributed by atoms with Crippen LogP contribution in [-0.2, 0) is 0 Å². The Bertz CT molecular complexity index is 1050. The summed E-state index contributed by atoms with van der Waals surface area (Å²) in [4.78, 5) is 20.6. The van der Waals surface area contributed by atoms with E-state index in [1.807, 2.05) is 35.4 Å². The minimum absolute atomic E-state index is 0.0673. The molecule has 1 amide bonds. The van der Waals surface area contributed by atoms with Gasteiger partial charge in [0.15, 0.2) is 11.6 Å². The van der Waals surface area contributed by atoms with Gasteiger partial charge in [-0.05, 0) is 61.4 Å². The van der Waals surface area contributed by atoms with Gasteiger partial charge in [-0.3, -0.25) is 9.69 Å². The quantitative estimate of drug-likeness (QED) is 0.677. The molecule has 0 aliphatic carbocycles. The highest BCUT2D eigenvalue weighted by atomic mass is 19.1. The highest BCUT2D eigenvalue weighted by molar-refractivity contribution is 5.98. The summed E-state index contributed by atoms with van der Waals surface area (Å²) in [6, 6.07) is 15.0. The van der Waals surface area contributed by atoms with Crippen LogP contribution in [-0.4, -0.2) is 59.0 Å². The minimum atomic E-state index is -0.294. The molecule has 0 spiro atoms. The van der Waals surface area contributed by atoms with E-state index in [0.717, 1.165) is 68.3 Å². The fraction of sp³-hybridized carbons (Fsp3) is 0.400. The third kappa shape index (κ3) is 4.30. The number of likely N-dealkylation sites (tertiary alicyclic amines) is 2. The average Bonchev–Trinajstić information content (AvgIpc) is 3.29. The molecule has 3 heterocycles. The van der Waals surface area contributed by atoms with Crippen molar-refractivity contribution in [3.8, 4) is 5.75 Å². The van der Waals surface area contributed by atoms with Gasteiger partial charge < -0.3 is 14.6 Å². The van der Waals surface area contributed by atoms with Crippen LogP contribution in [0.5, 0.6) is 5.75 Å². The van der Waals surface area contributed by atoms with Crippen molar-refractivity contribution in [3.63, 3.8) is 0 Å². The number of rotatable bonds is 4. The van der Waals surface area contributed by atoms with Gasteiger partial charge >= 0.3 is 0 Å². The number of para-hydroxylation sites is 1. The molecule has 0 atom stereocenters. The monoisotopic (exact) mass is 421 g/mol. The summed E-state index contributed by atoms with van der Waals surface area (Å²) >= 11 is 0. The maximum Gasteiger partial charge on any atom is 0.253 e. The Morgan fingerprint density at radius 1 is 0.968 bits per heavy atom. The number of benzene rings is 2. The summed E-state index contributed by atoms with van der Waals surface area (Å²) < 4.78 is 19.7. The van der Waals surface area contributed by atoms with Gasteiger partial charge in [-0.2, -0.15) is 0 Å². The number of hydrogen-bond donors (Lipinski definition) is 1. The lowest BCUT2D eigenvalue weighted by molar-refractivity contribution is 0.0416. The number of piperidine rings is 2. The Hall–Kier alpha value is -2.86. The zero-order valence-corrected chi connectivity index (χ0v) is 17.6. The molecule has 0 bridgehead atoms. The van der Waals surface area contributed by atoms with Gasteiger partial charge in [0.25, 0.3) is 5.91 Å². The standard InChI is InChI=1S/C25H28FN3O2/c26-22-3-1-2-4-24(22)31-21-10-15-28(16-11-21)20-8-13-29(14-9-20)25(30)19-6-5-18-7-12-27-23(18)17-19/h1-7,12,17,20-21,27H,8-11,13-16H2. The highest BCUT2D eigenvalue weighted by Gasteiger charge is 2.30. The van der Waals surface area contributed by atoms with Crippen molar-refractivity contribution in [2.45, 2.75) is 37.8 Å². The van der Waals surface area contributed by atoms with E-state index in [0.29, 0.717) is 11.8 Å². The number of ether oxygens (including phenoxy) is 1. The van der Waals surface area contributed by atoms with Crippen LogP contribution < -0.4 is 4.74 Å². The summed E-state index contributed by atoms with van der Waals surface area (Å²) in [6.07, 6.45) is 5.77. The molecular weight excluding hydrogens is 393 g/mol. The predicted octanol–water partition coefficient (Wildman–Crippen LogP) is 4.46. The summed E-state index contributed by atoms with van der Waals surface area (Å²) in [6.45, 7) is 3.50. The second-order valence-electron chi connectivity index (χ2n) is 8.59. The molecule has 0 radical (unpaired) electrons. The Morgan fingerprint density at radius 2 is 1.74 bits per heavy atom. The molecule has 2 aliphatic heterocycles. The van der Waals surface area contributed by atoms with Crippen molar-refractivity contribution in [2.24, 2.45) is 0 Å². The Labute approximate surface area is 181 Å². The van der Waals surface area contributed by atoms with Crippen LogP contribution in [0.3, 0.4) is 0 Å². The van der Waals surface area contributed by atoms with Gasteiger partial charge in [-0.25, -0.2) is 4.39 Å². The van der Waals surface area contributed by atoms with Gasteiger partial charge in [0.05, 0.1) is 0 Å². The van der Waals surface area contributed by atoms with Crippen LogP contribution in [0, 0.1) is 5.82 Å². The van der Waals surface area contributed by atoms with Gasteiger partial charge in [0.1, 0.15) is 6.10 Å². The molecule has 2 aliphatic rings. The summed E-state index contributed by atoms with van der Waals surface area (Å²) in [5.74, 6) is 0.176. The average molecular weight is 422 g/mol. The molecule has 3 aromatic rings. The second kappa shape index (κ2) is 8.71. The smallest absolute Gasteiger partial charge is 0.253 e. The van der Waals surface area contributed by atoms with Crippen molar-refractivity contribution in [2.75, 3.05) is 26.2 Å². The van der Waals surface area contributed by atoms with Gasteiger partial charge in [-0.1, -0.05) is 18.2 Å². The fourth-order valence-electron chi connectivity index (χ4n) is 4.88. The van der Waals surface area contributed by atoms with Crippen molar-refractivity contribution < 1.29 is 13.9 Å². The largest absolute Gasteiger partial charge is 0.487 e. The Balaban J connectivity index is 1.12. The number of carbonyl (C=O) groups excluding carboxylic acids is 1. The van der Waals surface area contributed by atoms with E-state index in [9.17, 15) is 9.18 Å². The number of H-pyrrole nitrogens is 1. The number of halogens is 1. The lowest BCUT2D eigenvalue weighted by atomic mass is 9.98.